The van der Waals surface area contributed by atoms with Crippen molar-refractivity contribution < 1.29 is 0 Å². The highest BCUT2D eigenvalue weighted by atomic mass is 15.2. The first-order chi connectivity index (χ1) is 7.22. The summed E-state index contributed by atoms with van der Waals surface area (Å²) in [5.74, 6) is 0.637. The highest BCUT2D eigenvalue weighted by Gasteiger charge is 2.08. The van der Waals surface area contributed by atoms with Crippen LogP contribution in [0.4, 0.5) is 5.82 Å². The number of nitrogens with zero attached hydrogens (tertiary/aromatic N) is 4. The van der Waals surface area contributed by atoms with E-state index in [0.717, 1.165) is 13.0 Å². The predicted molar refractivity (Wildman–Crippen MR) is 57.2 cm³/mol. The first-order valence-electron chi connectivity index (χ1n) is 4.74. The second-order valence-electron chi connectivity index (χ2n) is 3.24. The zero-order valence-electron chi connectivity index (χ0n) is 8.86. The fraction of sp³-hybridized carbons (Fsp3) is 0.364. The average Bonchev–Trinajstić information content (AvgIpc) is 2.28. The molecule has 0 spiro atoms. The molecule has 0 amide bonds. The van der Waals surface area contributed by atoms with Crippen molar-refractivity contribution in [1.82, 2.24) is 4.98 Å². The molecule has 76 valence electrons. The maximum Gasteiger partial charge on any atom is 0.146 e. The van der Waals surface area contributed by atoms with Gasteiger partial charge in [-0.1, -0.05) is 6.92 Å². The quantitative estimate of drug-likeness (QED) is 0.744. The Balaban J connectivity index is 3.10. The number of aromatic nitrogens is 1. The van der Waals surface area contributed by atoms with E-state index in [4.69, 9.17) is 10.5 Å². The van der Waals surface area contributed by atoms with Gasteiger partial charge in [0.2, 0.25) is 0 Å². The van der Waals surface area contributed by atoms with Crippen molar-refractivity contribution in [2.75, 3.05) is 18.5 Å². The van der Waals surface area contributed by atoms with E-state index in [1.165, 1.54) is 6.20 Å². The minimum atomic E-state index is 0.417. The summed E-state index contributed by atoms with van der Waals surface area (Å²) in [6.07, 6.45) is 2.48. The zero-order valence-corrected chi connectivity index (χ0v) is 8.86. The van der Waals surface area contributed by atoms with Crippen LogP contribution in [0.2, 0.25) is 0 Å². The molecule has 0 radical (unpaired) electrons. The minimum Gasteiger partial charge on any atom is -0.359 e. The van der Waals surface area contributed by atoms with E-state index in [9.17, 15) is 0 Å². The summed E-state index contributed by atoms with van der Waals surface area (Å²) in [4.78, 5) is 6.04. The number of hydrogen-bond acceptors (Lipinski definition) is 4. The third-order valence-electron chi connectivity index (χ3n) is 2.04. The molecule has 0 saturated carbocycles. The lowest BCUT2D eigenvalue weighted by molar-refractivity contribution is 0.836. The third kappa shape index (κ3) is 2.45. The molecule has 0 N–H and O–H groups in total. The lowest BCUT2D eigenvalue weighted by Crippen LogP contribution is -2.20. The second-order valence-corrected chi connectivity index (χ2v) is 3.24. The molecule has 0 saturated heterocycles. The monoisotopic (exact) mass is 200 g/mol. The van der Waals surface area contributed by atoms with Crippen LogP contribution in [0.25, 0.3) is 0 Å². The predicted octanol–water partition coefficient (Wildman–Crippen LogP) is 1.67. The van der Waals surface area contributed by atoms with Crippen molar-refractivity contribution in [2.24, 2.45) is 0 Å². The number of anilines is 1. The van der Waals surface area contributed by atoms with E-state index in [1.807, 2.05) is 18.0 Å². The van der Waals surface area contributed by atoms with E-state index in [-0.39, 0.29) is 0 Å². The van der Waals surface area contributed by atoms with Crippen molar-refractivity contribution in [3.8, 4) is 12.1 Å². The molecular weight excluding hydrogens is 188 g/mol. The molecule has 15 heavy (non-hydrogen) atoms. The van der Waals surface area contributed by atoms with Crippen molar-refractivity contribution in [3.63, 3.8) is 0 Å². The van der Waals surface area contributed by atoms with Gasteiger partial charge in [-0.25, -0.2) is 4.98 Å². The van der Waals surface area contributed by atoms with E-state index >= 15 is 0 Å². The highest BCUT2D eigenvalue weighted by Crippen LogP contribution is 2.16. The number of pyridine rings is 1. The van der Waals surface area contributed by atoms with Crippen LogP contribution in [-0.2, 0) is 0 Å². The summed E-state index contributed by atoms with van der Waals surface area (Å²) in [5, 5.41) is 17.6. The SMILES string of the molecule is CCCN(C)c1ncc(C#N)cc1C#N. The summed E-state index contributed by atoms with van der Waals surface area (Å²) >= 11 is 0. The van der Waals surface area contributed by atoms with Crippen LogP contribution in [0.15, 0.2) is 12.3 Å². The summed E-state index contributed by atoms with van der Waals surface area (Å²) in [5.41, 5.74) is 0.866. The van der Waals surface area contributed by atoms with Gasteiger partial charge in [0.15, 0.2) is 0 Å². The van der Waals surface area contributed by atoms with Crippen LogP contribution in [-0.4, -0.2) is 18.6 Å². The second kappa shape index (κ2) is 4.97. The van der Waals surface area contributed by atoms with Crippen LogP contribution < -0.4 is 4.90 Å². The van der Waals surface area contributed by atoms with Crippen molar-refractivity contribution in [1.29, 1.82) is 10.5 Å². The van der Waals surface area contributed by atoms with E-state index < -0.39 is 0 Å². The number of hydrogen-bond donors (Lipinski definition) is 0. The Bertz CT molecular complexity index is 425. The van der Waals surface area contributed by atoms with Gasteiger partial charge in [-0.05, 0) is 12.5 Å². The maximum absolute atomic E-state index is 8.93. The van der Waals surface area contributed by atoms with Crippen molar-refractivity contribution >= 4 is 5.82 Å². The molecule has 0 aliphatic heterocycles. The molecule has 0 fully saturated rings. The lowest BCUT2D eigenvalue weighted by atomic mass is 10.2. The molecule has 0 aliphatic carbocycles. The maximum atomic E-state index is 8.93. The molecule has 1 aromatic rings. The van der Waals surface area contributed by atoms with Gasteiger partial charge in [0, 0.05) is 19.8 Å². The van der Waals surface area contributed by atoms with Gasteiger partial charge < -0.3 is 4.90 Å². The normalized spacial score (nSPS) is 9.07. The van der Waals surface area contributed by atoms with Crippen LogP contribution in [0.1, 0.15) is 24.5 Å². The summed E-state index contributed by atoms with van der Waals surface area (Å²) in [7, 11) is 1.89. The molecule has 4 nitrogen and oxygen atoms in total. The van der Waals surface area contributed by atoms with E-state index in [0.29, 0.717) is 16.9 Å². The van der Waals surface area contributed by atoms with Gasteiger partial charge in [0.1, 0.15) is 18.0 Å². The molecule has 1 heterocycles. The minimum absolute atomic E-state index is 0.417. The van der Waals surface area contributed by atoms with Gasteiger partial charge >= 0.3 is 0 Å². The first-order valence-corrected chi connectivity index (χ1v) is 4.74. The van der Waals surface area contributed by atoms with Crippen LogP contribution in [0.5, 0.6) is 0 Å². The van der Waals surface area contributed by atoms with Gasteiger partial charge in [0.25, 0.3) is 0 Å². The van der Waals surface area contributed by atoms with E-state index in [1.54, 1.807) is 6.07 Å². The lowest BCUT2D eigenvalue weighted by Gasteiger charge is -2.17. The molecule has 0 aliphatic rings. The topological polar surface area (TPSA) is 63.7 Å². The fourth-order valence-electron chi connectivity index (χ4n) is 1.35. The Morgan fingerprint density at radius 1 is 1.40 bits per heavy atom. The molecule has 1 rings (SSSR count). The Morgan fingerprint density at radius 3 is 2.67 bits per heavy atom. The summed E-state index contributed by atoms with van der Waals surface area (Å²) in [6.45, 7) is 2.90. The van der Waals surface area contributed by atoms with Gasteiger partial charge in [-0.2, -0.15) is 10.5 Å². The Morgan fingerprint density at radius 2 is 2.13 bits per heavy atom. The number of rotatable bonds is 3. The molecule has 0 unspecified atom stereocenters. The summed E-state index contributed by atoms with van der Waals surface area (Å²) < 4.78 is 0. The molecule has 0 bridgehead atoms. The Kier molecular flexibility index (Phi) is 3.65. The first kappa shape index (κ1) is 11.0. The average molecular weight is 200 g/mol. The number of nitriles is 2. The van der Waals surface area contributed by atoms with Crippen LogP contribution in [0, 0.1) is 22.7 Å². The Hall–Kier alpha value is -2.07. The molecule has 0 atom stereocenters. The zero-order chi connectivity index (χ0) is 11.3. The van der Waals surface area contributed by atoms with E-state index in [2.05, 4.69) is 18.0 Å². The standard InChI is InChI=1S/C11H12N4/c1-3-4-15(2)11-10(7-13)5-9(6-12)8-14-11/h5,8H,3-4H2,1-2H3. The molecule has 0 aromatic carbocycles. The molecule has 4 heteroatoms. The smallest absolute Gasteiger partial charge is 0.146 e. The summed E-state index contributed by atoms with van der Waals surface area (Å²) in [6, 6.07) is 5.59. The van der Waals surface area contributed by atoms with Crippen molar-refractivity contribution in [2.45, 2.75) is 13.3 Å². The third-order valence-corrected chi connectivity index (χ3v) is 2.04. The van der Waals surface area contributed by atoms with Gasteiger partial charge in [-0.3, -0.25) is 0 Å². The van der Waals surface area contributed by atoms with Crippen molar-refractivity contribution in [3.05, 3.63) is 23.4 Å². The van der Waals surface area contributed by atoms with Gasteiger partial charge in [0.05, 0.1) is 11.1 Å². The molecular formula is C11H12N4. The molecule has 1 aromatic heterocycles. The highest BCUT2D eigenvalue weighted by molar-refractivity contribution is 5.55. The Labute approximate surface area is 89.4 Å². The fourth-order valence-corrected chi connectivity index (χ4v) is 1.35. The largest absolute Gasteiger partial charge is 0.359 e. The van der Waals surface area contributed by atoms with Crippen LogP contribution >= 0.6 is 0 Å². The van der Waals surface area contributed by atoms with Crippen LogP contribution in [0.3, 0.4) is 0 Å². The van der Waals surface area contributed by atoms with Gasteiger partial charge in [-0.15, -0.1) is 0 Å².